The predicted molar refractivity (Wildman–Crippen MR) is 111 cm³/mol. The van der Waals surface area contributed by atoms with E-state index in [1.165, 1.54) is 39.5 Å². The molecule has 0 fully saturated rings. The van der Waals surface area contributed by atoms with Gasteiger partial charge in [-0.25, -0.2) is 9.59 Å². The number of carbonyl (C=O) groups excluding carboxylic acids is 2. The molecule has 0 atom stereocenters. The number of ether oxygens (including phenoxy) is 3. The van der Waals surface area contributed by atoms with Crippen molar-refractivity contribution in [3.63, 3.8) is 0 Å². The number of nitrogens with one attached hydrogen (secondary N) is 2. The van der Waals surface area contributed by atoms with E-state index in [1.54, 1.807) is 6.92 Å². The topological polar surface area (TPSA) is 129 Å². The highest BCUT2D eigenvalue weighted by atomic mass is 32.1. The monoisotopic (exact) mass is 439 g/mol. The van der Waals surface area contributed by atoms with Gasteiger partial charge in [-0.1, -0.05) is 0 Å². The minimum atomic E-state index is -0.646. The molecule has 2 N–H and O–H groups in total. The molecule has 1 heterocycles. The van der Waals surface area contributed by atoms with E-state index in [9.17, 15) is 19.7 Å². The van der Waals surface area contributed by atoms with Gasteiger partial charge < -0.3 is 24.8 Å². The molecular formula is C17H17N3O7S2. The van der Waals surface area contributed by atoms with Crippen LogP contribution in [0.4, 0.5) is 16.4 Å². The fourth-order valence-electron chi connectivity index (χ4n) is 2.39. The molecule has 1 aromatic carbocycles. The van der Waals surface area contributed by atoms with Crippen LogP contribution in [0.3, 0.4) is 0 Å². The molecular weight excluding hydrogens is 422 g/mol. The molecule has 0 amide bonds. The van der Waals surface area contributed by atoms with E-state index in [0.29, 0.717) is 11.3 Å². The quantitative estimate of drug-likeness (QED) is 0.299. The zero-order valence-corrected chi connectivity index (χ0v) is 17.5. The Labute approximate surface area is 174 Å². The Bertz CT molecular complexity index is 988. The van der Waals surface area contributed by atoms with E-state index in [0.717, 1.165) is 11.3 Å². The lowest BCUT2D eigenvalue weighted by Gasteiger charge is -2.13. The second-order valence-corrected chi connectivity index (χ2v) is 6.89. The van der Waals surface area contributed by atoms with Crippen molar-refractivity contribution < 1.29 is 28.7 Å². The summed E-state index contributed by atoms with van der Waals surface area (Å²) in [5.41, 5.74) is 0.775. The first-order valence-electron chi connectivity index (χ1n) is 7.93. The van der Waals surface area contributed by atoms with Crippen molar-refractivity contribution in [2.24, 2.45) is 0 Å². The Morgan fingerprint density at radius 3 is 2.34 bits per heavy atom. The summed E-state index contributed by atoms with van der Waals surface area (Å²) < 4.78 is 14.7. The summed E-state index contributed by atoms with van der Waals surface area (Å²) in [5, 5.41) is 16.9. The van der Waals surface area contributed by atoms with Crippen LogP contribution in [0.2, 0.25) is 0 Å². The van der Waals surface area contributed by atoms with Crippen LogP contribution >= 0.6 is 23.6 Å². The van der Waals surface area contributed by atoms with Gasteiger partial charge in [-0.15, -0.1) is 11.3 Å². The molecule has 0 radical (unpaired) electrons. The number of thiocarbonyl (C=S) groups is 1. The number of non-ortho nitro benzene ring substituents is 1. The molecule has 10 nitrogen and oxygen atoms in total. The highest BCUT2D eigenvalue weighted by molar-refractivity contribution is 7.80. The normalized spacial score (nSPS) is 10.1. The lowest BCUT2D eigenvalue weighted by Crippen LogP contribution is -2.20. The van der Waals surface area contributed by atoms with Crippen molar-refractivity contribution in [2.75, 3.05) is 32.0 Å². The van der Waals surface area contributed by atoms with Gasteiger partial charge in [0, 0.05) is 6.07 Å². The third-order valence-corrected chi connectivity index (χ3v) is 5.17. The van der Waals surface area contributed by atoms with Crippen LogP contribution in [0.5, 0.6) is 5.75 Å². The first-order valence-corrected chi connectivity index (χ1v) is 9.16. The van der Waals surface area contributed by atoms with Crippen molar-refractivity contribution in [1.82, 2.24) is 0 Å². The molecule has 2 rings (SSSR count). The van der Waals surface area contributed by atoms with E-state index in [4.69, 9.17) is 26.4 Å². The molecule has 0 saturated carbocycles. The van der Waals surface area contributed by atoms with E-state index >= 15 is 0 Å². The fraction of sp³-hybridized carbons (Fsp3) is 0.235. The van der Waals surface area contributed by atoms with Crippen molar-refractivity contribution >= 4 is 57.0 Å². The molecule has 0 bridgehead atoms. The number of methoxy groups -OCH3 is 3. The first kappa shape index (κ1) is 22.0. The smallest absolute Gasteiger partial charge is 0.348 e. The standard InChI is InChI=1S/C17H17N3O7S2/c1-8-12(15(21)26-3)14(29-13(8)16(22)27-4)19-17(28)18-10-6-5-9(20(23)24)7-11(10)25-2/h5-7H,1-4H3,(H2,18,19,28). The minimum absolute atomic E-state index is 0.0694. The lowest BCUT2D eigenvalue weighted by molar-refractivity contribution is -0.384. The van der Waals surface area contributed by atoms with Crippen LogP contribution in [-0.2, 0) is 9.47 Å². The Balaban J connectivity index is 2.32. The molecule has 1 aromatic heterocycles. The first-order chi connectivity index (χ1) is 13.7. The summed E-state index contributed by atoms with van der Waals surface area (Å²) in [6.45, 7) is 1.59. The number of esters is 2. The van der Waals surface area contributed by atoms with Crippen LogP contribution < -0.4 is 15.4 Å². The van der Waals surface area contributed by atoms with Crippen molar-refractivity contribution in [3.05, 3.63) is 44.3 Å². The highest BCUT2D eigenvalue weighted by Gasteiger charge is 2.26. The molecule has 154 valence electrons. The summed E-state index contributed by atoms with van der Waals surface area (Å²) in [4.78, 5) is 34.7. The van der Waals surface area contributed by atoms with E-state index in [1.807, 2.05) is 0 Å². The number of thiophene rings is 1. The molecule has 2 aromatic rings. The summed E-state index contributed by atoms with van der Waals surface area (Å²) >= 11 is 6.25. The predicted octanol–water partition coefficient (Wildman–Crippen LogP) is 3.36. The van der Waals surface area contributed by atoms with Gasteiger partial charge in [0.1, 0.15) is 15.6 Å². The maximum atomic E-state index is 12.2. The molecule has 0 aliphatic heterocycles. The Hall–Kier alpha value is -3.25. The van der Waals surface area contributed by atoms with E-state index < -0.39 is 16.9 Å². The molecule has 29 heavy (non-hydrogen) atoms. The average Bonchev–Trinajstić information content (AvgIpc) is 3.02. The van der Waals surface area contributed by atoms with Crippen LogP contribution in [0.25, 0.3) is 0 Å². The number of nitro groups is 1. The van der Waals surface area contributed by atoms with Crippen molar-refractivity contribution in [1.29, 1.82) is 0 Å². The number of benzene rings is 1. The van der Waals surface area contributed by atoms with Crippen molar-refractivity contribution in [2.45, 2.75) is 6.92 Å². The van der Waals surface area contributed by atoms with Gasteiger partial charge in [0.15, 0.2) is 5.11 Å². The third kappa shape index (κ3) is 4.78. The van der Waals surface area contributed by atoms with Crippen LogP contribution in [0, 0.1) is 17.0 Å². The van der Waals surface area contributed by atoms with Gasteiger partial charge in [0.05, 0.1) is 43.6 Å². The van der Waals surface area contributed by atoms with Gasteiger partial charge in [-0.05, 0) is 30.8 Å². The number of nitrogens with zero attached hydrogens (tertiary/aromatic N) is 1. The molecule has 0 aliphatic carbocycles. The SMILES string of the molecule is COC(=O)c1sc(NC(=S)Nc2ccc([N+](=O)[O-])cc2OC)c(C(=O)OC)c1C. The van der Waals surface area contributed by atoms with Crippen molar-refractivity contribution in [3.8, 4) is 5.75 Å². The Kier molecular flexibility index (Phi) is 7.07. The molecule has 0 saturated heterocycles. The highest BCUT2D eigenvalue weighted by Crippen LogP contribution is 2.35. The van der Waals surface area contributed by atoms with Gasteiger partial charge in [-0.2, -0.15) is 0 Å². The number of hydrogen-bond acceptors (Lipinski definition) is 9. The molecule has 0 spiro atoms. The number of carbonyl (C=O) groups is 2. The number of nitro benzene ring substituents is 1. The maximum Gasteiger partial charge on any atom is 0.348 e. The maximum absolute atomic E-state index is 12.2. The van der Waals surface area contributed by atoms with E-state index in [-0.39, 0.29) is 32.0 Å². The number of anilines is 2. The lowest BCUT2D eigenvalue weighted by atomic mass is 10.1. The average molecular weight is 439 g/mol. The summed E-state index contributed by atoms with van der Waals surface area (Å²) in [5.74, 6) is -1.04. The van der Waals surface area contributed by atoms with Gasteiger partial charge in [0.2, 0.25) is 0 Å². The van der Waals surface area contributed by atoms with Gasteiger partial charge in [-0.3, -0.25) is 10.1 Å². The third-order valence-electron chi connectivity index (χ3n) is 3.78. The molecule has 12 heteroatoms. The molecule has 0 aliphatic rings. The zero-order valence-electron chi connectivity index (χ0n) is 15.9. The second kappa shape index (κ2) is 9.30. The Morgan fingerprint density at radius 1 is 1.14 bits per heavy atom. The largest absolute Gasteiger partial charge is 0.494 e. The van der Waals surface area contributed by atoms with Gasteiger partial charge in [0.25, 0.3) is 5.69 Å². The van der Waals surface area contributed by atoms with Crippen LogP contribution in [0.15, 0.2) is 18.2 Å². The van der Waals surface area contributed by atoms with Gasteiger partial charge >= 0.3 is 11.9 Å². The van der Waals surface area contributed by atoms with Crippen LogP contribution in [-0.4, -0.2) is 43.3 Å². The zero-order chi connectivity index (χ0) is 21.7. The Morgan fingerprint density at radius 2 is 1.79 bits per heavy atom. The second-order valence-electron chi connectivity index (χ2n) is 5.46. The molecule has 0 unspecified atom stereocenters. The fourth-order valence-corrected chi connectivity index (χ4v) is 3.78. The minimum Gasteiger partial charge on any atom is -0.494 e. The van der Waals surface area contributed by atoms with Crippen LogP contribution in [0.1, 0.15) is 25.6 Å². The number of rotatable bonds is 6. The number of hydrogen-bond donors (Lipinski definition) is 2. The summed E-state index contributed by atoms with van der Waals surface area (Å²) in [6, 6.07) is 3.97. The summed E-state index contributed by atoms with van der Waals surface area (Å²) in [7, 11) is 3.82. The summed E-state index contributed by atoms with van der Waals surface area (Å²) in [6.07, 6.45) is 0. The van der Waals surface area contributed by atoms with E-state index in [2.05, 4.69) is 10.6 Å².